The molecule has 1 fully saturated rings. The average molecular weight is 197 g/mol. The van der Waals surface area contributed by atoms with Crippen molar-refractivity contribution in [2.24, 2.45) is 0 Å². The van der Waals surface area contributed by atoms with Crippen molar-refractivity contribution in [1.82, 2.24) is 9.55 Å². The van der Waals surface area contributed by atoms with Crippen molar-refractivity contribution in [3.8, 4) is 0 Å². The molecule has 14 heavy (non-hydrogen) atoms. The Labute approximate surface area is 83.0 Å². The van der Waals surface area contributed by atoms with E-state index in [4.69, 9.17) is 9.47 Å². The van der Waals surface area contributed by atoms with Gasteiger partial charge in [0.05, 0.1) is 32.5 Å². The number of nitrogens with zero attached hydrogens (tertiary/aromatic N) is 2. The second-order valence-corrected chi connectivity index (χ2v) is 3.22. The third-order valence-corrected chi connectivity index (χ3v) is 2.22. The zero-order valence-corrected chi connectivity index (χ0v) is 8.27. The van der Waals surface area contributed by atoms with E-state index in [1.807, 2.05) is 17.8 Å². The van der Waals surface area contributed by atoms with E-state index in [9.17, 15) is 0 Å². The summed E-state index contributed by atoms with van der Waals surface area (Å²) in [6, 6.07) is 0. The second-order valence-electron chi connectivity index (χ2n) is 3.22. The van der Waals surface area contributed by atoms with Gasteiger partial charge in [0.1, 0.15) is 0 Å². The van der Waals surface area contributed by atoms with Crippen LogP contribution in [-0.4, -0.2) is 42.5 Å². The first-order valence-electron chi connectivity index (χ1n) is 4.78. The Kier molecular flexibility index (Phi) is 3.00. The van der Waals surface area contributed by atoms with Gasteiger partial charge in [-0.25, -0.2) is 4.98 Å². The summed E-state index contributed by atoms with van der Waals surface area (Å²) in [6.45, 7) is 2.85. The van der Waals surface area contributed by atoms with Gasteiger partial charge in [0.2, 0.25) is 5.95 Å². The molecule has 1 aliphatic rings. The van der Waals surface area contributed by atoms with Gasteiger partial charge < -0.3 is 19.4 Å². The summed E-state index contributed by atoms with van der Waals surface area (Å²) in [5.41, 5.74) is 0. The standard InChI is InChI=1S/C9H15N3O2/c1-10-9-11-2-3-12(9)6-8-7-13-4-5-14-8/h2-3,8H,4-7H2,1H3,(H,10,11). The summed E-state index contributed by atoms with van der Waals surface area (Å²) in [6.07, 6.45) is 3.85. The van der Waals surface area contributed by atoms with Crippen LogP contribution in [0, 0.1) is 0 Å². The number of nitrogens with one attached hydrogen (secondary N) is 1. The Morgan fingerprint density at radius 3 is 3.29 bits per heavy atom. The van der Waals surface area contributed by atoms with Crippen molar-refractivity contribution in [3.63, 3.8) is 0 Å². The van der Waals surface area contributed by atoms with Crippen molar-refractivity contribution in [3.05, 3.63) is 12.4 Å². The highest BCUT2D eigenvalue weighted by atomic mass is 16.6. The average Bonchev–Trinajstić information content (AvgIpc) is 2.67. The summed E-state index contributed by atoms with van der Waals surface area (Å²) >= 11 is 0. The number of aromatic nitrogens is 2. The van der Waals surface area contributed by atoms with E-state index >= 15 is 0 Å². The van der Waals surface area contributed by atoms with E-state index in [1.54, 1.807) is 6.20 Å². The van der Waals surface area contributed by atoms with Crippen molar-refractivity contribution in [2.45, 2.75) is 12.6 Å². The van der Waals surface area contributed by atoms with Gasteiger partial charge in [0.15, 0.2) is 0 Å². The van der Waals surface area contributed by atoms with Crippen LogP contribution in [0.15, 0.2) is 12.4 Å². The molecule has 1 aliphatic heterocycles. The molecule has 1 saturated heterocycles. The van der Waals surface area contributed by atoms with Gasteiger partial charge in [-0.15, -0.1) is 0 Å². The van der Waals surface area contributed by atoms with Crippen molar-refractivity contribution in [1.29, 1.82) is 0 Å². The lowest BCUT2D eigenvalue weighted by molar-refractivity contribution is -0.0934. The molecule has 1 atom stereocenters. The molecule has 5 heteroatoms. The minimum atomic E-state index is 0.144. The van der Waals surface area contributed by atoms with Crippen LogP contribution >= 0.6 is 0 Å². The van der Waals surface area contributed by atoms with Gasteiger partial charge >= 0.3 is 0 Å². The third-order valence-electron chi connectivity index (χ3n) is 2.22. The summed E-state index contributed by atoms with van der Waals surface area (Å²) in [7, 11) is 1.86. The Balaban J connectivity index is 1.95. The van der Waals surface area contributed by atoms with Gasteiger partial charge in [-0.05, 0) is 0 Å². The molecular formula is C9H15N3O2. The number of hydrogen-bond donors (Lipinski definition) is 1. The van der Waals surface area contributed by atoms with Crippen LogP contribution in [0.1, 0.15) is 0 Å². The van der Waals surface area contributed by atoms with E-state index in [0.717, 1.165) is 12.5 Å². The summed E-state index contributed by atoms with van der Waals surface area (Å²) in [5.74, 6) is 0.860. The highest BCUT2D eigenvalue weighted by Crippen LogP contribution is 2.08. The van der Waals surface area contributed by atoms with Crippen molar-refractivity contribution < 1.29 is 9.47 Å². The Hall–Kier alpha value is -1.07. The molecule has 5 nitrogen and oxygen atoms in total. The summed E-state index contributed by atoms with van der Waals surface area (Å²) in [5, 5.41) is 3.02. The number of ether oxygens (including phenoxy) is 2. The molecule has 0 bridgehead atoms. The molecule has 78 valence electrons. The summed E-state index contributed by atoms with van der Waals surface area (Å²) < 4.78 is 12.9. The predicted molar refractivity (Wildman–Crippen MR) is 52.3 cm³/mol. The fourth-order valence-electron chi connectivity index (χ4n) is 1.55. The van der Waals surface area contributed by atoms with Gasteiger partial charge in [-0.2, -0.15) is 0 Å². The van der Waals surface area contributed by atoms with E-state index in [1.165, 1.54) is 0 Å². The molecule has 0 saturated carbocycles. The maximum Gasteiger partial charge on any atom is 0.202 e. The van der Waals surface area contributed by atoms with Crippen LogP contribution in [0.25, 0.3) is 0 Å². The first kappa shape index (κ1) is 9.48. The molecule has 1 unspecified atom stereocenters. The Morgan fingerprint density at radius 1 is 1.64 bits per heavy atom. The molecule has 0 amide bonds. The van der Waals surface area contributed by atoms with E-state index < -0.39 is 0 Å². The van der Waals surface area contributed by atoms with Crippen molar-refractivity contribution in [2.75, 3.05) is 32.2 Å². The van der Waals surface area contributed by atoms with Gasteiger partial charge in [-0.3, -0.25) is 0 Å². The molecule has 2 rings (SSSR count). The largest absolute Gasteiger partial charge is 0.376 e. The van der Waals surface area contributed by atoms with Crippen LogP contribution in [0.2, 0.25) is 0 Å². The molecule has 0 spiro atoms. The van der Waals surface area contributed by atoms with Crippen LogP contribution < -0.4 is 5.32 Å². The second kappa shape index (κ2) is 4.43. The first-order valence-corrected chi connectivity index (χ1v) is 4.78. The maximum absolute atomic E-state index is 5.55. The van der Waals surface area contributed by atoms with Crippen LogP contribution in [0.5, 0.6) is 0 Å². The van der Waals surface area contributed by atoms with Crippen molar-refractivity contribution >= 4 is 5.95 Å². The lowest BCUT2D eigenvalue weighted by atomic mass is 10.3. The minimum Gasteiger partial charge on any atom is -0.376 e. The summed E-state index contributed by atoms with van der Waals surface area (Å²) in [4.78, 5) is 4.16. The normalized spacial score (nSPS) is 22.2. The maximum atomic E-state index is 5.55. The monoisotopic (exact) mass is 197 g/mol. The molecule has 2 heterocycles. The lowest BCUT2D eigenvalue weighted by Gasteiger charge is -2.23. The lowest BCUT2D eigenvalue weighted by Crippen LogP contribution is -2.32. The quantitative estimate of drug-likeness (QED) is 0.759. The third kappa shape index (κ3) is 2.05. The minimum absolute atomic E-state index is 0.144. The molecule has 0 radical (unpaired) electrons. The van der Waals surface area contributed by atoms with Gasteiger partial charge in [0, 0.05) is 19.4 Å². The van der Waals surface area contributed by atoms with Gasteiger partial charge in [0.25, 0.3) is 0 Å². The Morgan fingerprint density at radius 2 is 2.57 bits per heavy atom. The van der Waals surface area contributed by atoms with Crippen LogP contribution in [-0.2, 0) is 16.0 Å². The Bertz CT molecular complexity index is 281. The van der Waals surface area contributed by atoms with Crippen LogP contribution in [0.3, 0.4) is 0 Å². The highest BCUT2D eigenvalue weighted by molar-refractivity contribution is 5.24. The van der Waals surface area contributed by atoms with Crippen LogP contribution in [0.4, 0.5) is 5.95 Å². The number of imidazole rings is 1. The molecule has 1 aromatic heterocycles. The highest BCUT2D eigenvalue weighted by Gasteiger charge is 2.15. The fraction of sp³-hybridized carbons (Fsp3) is 0.667. The zero-order chi connectivity index (χ0) is 9.80. The van der Waals surface area contributed by atoms with E-state index in [-0.39, 0.29) is 6.10 Å². The number of anilines is 1. The molecule has 0 aromatic carbocycles. The fourth-order valence-corrected chi connectivity index (χ4v) is 1.55. The number of hydrogen-bond acceptors (Lipinski definition) is 4. The molecule has 1 N–H and O–H groups in total. The molecule has 0 aliphatic carbocycles. The zero-order valence-electron chi connectivity index (χ0n) is 8.27. The first-order chi connectivity index (χ1) is 6.90. The topological polar surface area (TPSA) is 48.3 Å². The molecule has 1 aromatic rings. The van der Waals surface area contributed by atoms with E-state index in [2.05, 4.69) is 10.3 Å². The SMILES string of the molecule is CNc1nccn1CC1COCCO1. The predicted octanol–water partition coefficient (Wildman–Crippen LogP) is 0.340. The molecular weight excluding hydrogens is 182 g/mol. The van der Waals surface area contributed by atoms with E-state index in [0.29, 0.717) is 19.8 Å². The number of rotatable bonds is 3. The smallest absolute Gasteiger partial charge is 0.202 e. The van der Waals surface area contributed by atoms with Gasteiger partial charge in [-0.1, -0.05) is 0 Å².